The Morgan fingerprint density at radius 3 is 2.78 bits per heavy atom. The van der Waals surface area contributed by atoms with E-state index in [0.29, 0.717) is 18.7 Å². The molecule has 0 saturated carbocycles. The minimum Gasteiger partial charge on any atom is -0.494 e. The van der Waals surface area contributed by atoms with Gasteiger partial charge in [0.15, 0.2) is 0 Å². The summed E-state index contributed by atoms with van der Waals surface area (Å²) in [6.45, 7) is 3.36. The summed E-state index contributed by atoms with van der Waals surface area (Å²) in [5, 5.41) is 3.25. The van der Waals surface area contributed by atoms with E-state index in [4.69, 9.17) is 9.47 Å². The number of nitrogens with one attached hydrogen (secondary N) is 1. The molecule has 122 valence electrons. The minimum absolute atomic E-state index is 0.357. The molecule has 0 saturated heterocycles. The van der Waals surface area contributed by atoms with E-state index in [1.807, 2.05) is 43.3 Å². The Morgan fingerprint density at radius 2 is 2.04 bits per heavy atom. The van der Waals surface area contributed by atoms with Crippen LogP contribution in [0, 0.1) is 6.92 Å². The number of aryl methyl sites for hydroxylation is 1. The number of halogens is 1. The second-order valence-electron chi connectivity index (χ2n) is 5.13. The number of ether oxygens (including phenoxy) is 2. The number of methoxy groups -OCH3 is 1. The highest BCUT2D eigenvalue weighted by Gasteiger charge is 2.11. The number of rotatable bonds is 7. The van der Waals surface area contributed by atoms with Crippen molar-refractivity contribution in [3.05, 3.63) is 58.1 Å². The van der Waals surface area contributed by atoms with E-state index in [-0.39, 0.29) is 5.97 Å². The molecule has 0 fully saturated rings. The van der Waals surface area contributed by atoms with E-state index >= 15 is 0 Å². The molecule has 0 amide bonds. The van der Waals surface area contributed by atoms with Gasteiger partial charge < -0.3 is 14.8 Å². The van der Waals surface area contributed by atoms with Crippen LogP contribution in [0.4, 0.5) is 5.69 Å². The van der Waals surface area contributed by atoms with E-state index in [0.717, 1.165) is 22.3 Å². The third-order valence-electron chi connectivity index (χ3n) is 3.28. The van der Waals surface area contributed by atoms with Crippen molar-refractivity contribution in [2.75, 3.05) is 25.6 Å². The maximum absolute atomic E-state index is 11.8. The van der Waals surface area contributed by atoms with Crippen LogP contribution in [0.15, 0.2) is 46.9 Å². The number of hydrogen-bond donors (Lipinski definition) is 1. The zero-order valence-corrected chi connectivity index (χ0v) is 14.9. The number of esters is 1. The lowest BCUT2D eigenvalue weighted by Gasteiger charge is -2.12. The standard InChI is InChI=1S/C18H20BrNO3/c1-13-5-3-6-15(11-13)23-10-4-9-20-17-8-7-14(19)12-16(17)18(21)22-2/h3,5-8,11-12,20H,4,9-10H2,1-2H3. The van der Waals surface area contributed by atoms with Crippen molar-refractivity contribution in [1.82, 2.24) is 0 Å². The Morgan fingerprint density at radius 1 is 1.22 bits per heavy atom. The van der Waals surface area contributed by atoms with Crippen LogP contribution < -0.4 is 10.1 Å². The van der Waals surface area contributed by atoms with Crippen molar-refractivity contribution in [3.63, 3.8) is 0 Å². The molecule has 0 unspecified atom stereocenters. The van der Waals surface area contributed by atoms with Gasteiger partial charge in [0.25, 0.3) is 0 Å². The van der Waals surface area contributed by atoms with Crippen molar-refractivity contribution in [2.24, 2.45) is 0 Å². The molecule has 4 nitrogen and oxygen atoms in total. The summed E-state index contributed by atoms with van der Waals surface area (Å²) in [4.78, 5) is 11.8. The van der Waals surface area contributed by atoms with E-state index in [1.54, 1.807) is 6.07 Å². The molecule has 0 aromatic heterocycles. The maximum atomic E-state index is 11.8. The zero-order chi connectivity index (χ0) is 16.7. The van der Waals surface area contributed by atoms with Crippen molar-refractivity contribution < 1.29 is 14.3 Å². The molecular formula is C18H20BrNO3. The van der Waals surface area contributed by atoms with Crippen molar-refractivity contribution in [3.8, 4) is 5.75 Å². The molecule has 2 aromatic rings. The van der Waals surface area contributed by atoms with Gasteiger partial charge in [0.1, 0.15) is 5.75 Å². The van der Waals surface area contributed by atoms with Gasteiger partial charge in [-0.15, -0.1) is 0 Å². The van der Waals surface area contributed by atoms with E-state index in [1.165, 1.54) is 12.7 Å². The summed E-state index contributed by atoms with van der Waals surface area (Å²) in [5.41, 5.74) is 2.45. The molecule has 0 atom stereocenters. The molecule has 2 rings (SSSR count). The first-order chi connectivity index (χ1) is 11.1. The predicted molar refractivity (Wildman–Crippen MR) is 95.3 cm³/mol. The summed E-state index contributed by atoms with van der Waals surface area (Å²) in [6, 6.07) is 13.5. The van der Waals surface area contributed by atoms with Gasteiger partial charge in [-0.3, -0.25) is 0 Å². The second kappa shape index (κ2) is 8.58. The Bertz CT molecular complexity index is 673. The highest BCUT2D eigenvalue weighted by atomic mass is 79.9. The largest absolute Gasteiger partial charge is 0.494 e. The summed E-state index contributed by atoms with van der Waals surface area (Å²) < 4.78 is 11.3. The first-order valence-electron chi connectivity index (χ1n) is 7.41. The zero-order valence-electron chi connectivity index (χ0n) is 13.3. The van der Waals surface area contributed by atoms with Crippen LogP contribution in [0.3, 0.4) is 0 Å². The molecule has 5 heteroatoms. The highest BCUT2D eigenvalue weighted by molar-refractivity contribution is 9.10. The van der Waals surface area contributed by atoms with Gasteiger partial charge in [-0.1, -0.05) is 28.1 Å². The smallest absolute Gasteiger partial charge is 0.340 e. The fraction of sp³-hybridized carbons (Fsp3) is 0.278. The second-order valence-corrected chi connectivity index (χ2v) is 6.04. The monoisotopic (exact) mass is 377 g/mol. The van der Waals surface area contributed by atoms with Crippen molar-refractivity contribution >= 4 is 27.6 Å². The van der Waals surface area contributed by atoms with Crippen molar-refractivity contribution in [2.45, 2.75) is 13.3 Å². The SMILES string of the molecule is COC(=O)c1cc(Br)ccc1NCCCOc1cccc(C)c1. The first-order valence-corrected chi connectivity index (χ1v) is 8.20. The molecular weight excluding hydrogens is 358 g/mol. The van der Waals surface area contributed by atoms with Crippen LogP contribution in [0.1, 0.15) is 22.3 Å². The van der Waals surface area contributed by atoms with E-state index in [9.17, 15) is 4.79 Å². The average molecular weight is 378 g/mol. The van der Waals surface area contributed by atoms with Crippen LogP contribution >= 0.6 is 15.9 Å². The summed E-state index contributed by atoms with van der Waals surface area (Å²) in [6.07, 6.45) is 0.824. The average Bonchev–Trinajstić information content (AvgIpc) is 2.55. The molecule has 0 bridgehead atoms. The molecule has 0 aliphatic carbocycles. The third-order valence-corrected chi connectivity index (χ3v) is 3.78. The molecule has 0 spiro atoms. The molecule has 0 aliphatic rings. The molecule has 0 radical (unpaired) electrons. The Hall–Kier alpha value is -2.01. The molecule has 0 aliphatic heterocycles. The summed E-state index contributed by atoms with van der Waals surface area (Å²) in [5.74, 6) is 0.522. The van der Waals surface area contributed by atoms with Crippen LogP contribution in [0.2, 0.25) is 0 Å². The fourth-order valence-corrected chi connectivity index (χ4v) is 2.50. The van der Waals surface area contributed by atoms with Crippen LogP contribution in [-0.2, 0) is 4.74 Å². The molecule has 1 N–H and O–H groups in total. The van der Waals surface area contributed by atoms with Gasteiger partial charge in [-0.2, -0.15) is 0 Å². The van der Waals surface area contributed by atoms with Crippen molar-refractivity contribution in [1.29, 1.82) is 0 Å². The van der Waals surface area contributed by atoms with E-state index in [2.05, 4.69) is 21.2 Å². The highest BCUT2D eigenvalue weighted by Crippen LogP contribution is 2.22. The quantitative estimate of drug-likeness (QED) is 0.572. The molecule has 0 heterocycles. The Kier molecular flexibility index (Phi) is 6.47. The Labute approximate surface area is 144 Å². The van der Waals surface area contributed by atoms with Crippen LogP contribution in [0.25, 0.3) is 0 Å². The van der Waals surface area contributed by atoms with Gasteiger partial charge in [0, 0.05) is 16.7 Å². The maximum Gasteiger partial charge on any atom is 0.340 e. The lowest BCUT2D eigenvalue weighted by molar-refractivity contribution is 0.0601. The number of carbonyl (C=O) groups excluding carboxylic acids is 1. The molecule has 2 aromatic carbocycles. The van der Waals surface area contributed by atoms with Crippen LogP contribution in [0.5, 0.6) is 5.75 Å². The Balaban J connectivity index is 1.83. The normalized spacial score (nSPS) is 10.2. The van der Waals surface area contributed by atoms with E-state index < -0.39 is 0 Å². The third kappa shape index (κ3) is 5.28. The summed E-state index contributed by atoms with van der Waals surface area (Å²) in [7, 11) is 1.38. The number of anilines is 1. The van der Waals surface area contributed by atoms with Gasteiger partial charge in [0.05, 0.1) is 19.3 Å². The lowest BCUT2D eigenvalue weighted by atomic mass is 10.2. The topological polar surface area (TPSA) is 47.6 Å². The van der Waals surface area contributed by atoms with Gasteiger partial charge >= 0.3 is 5.97 Å². The minimum atomic E-state index is -0.357. The first kappa shape index (κ1) is 17.3. The number of carbonyl (C=O) groups is 1. The molecule has 23 heavy (non-hydrogen) atoms. The summed E-state index contributed by atoms with van der Waals surface area (Å²) >= 11 is 3.36. The van der Waals surface area contributed by atoms with Crippen LogP contribution in [-0.4, -0.2) is 26.2 Å². The van der Waals surface area contributed by atoms with Gasteiger partial charge in [0.2, 0.25) is 0 Å². The fourth-order valence-electron chi connectivity index (χ4n) is 2.14. The number of hydrogen-bond acceptors (Lipinski definition) is 4. The lowest BCUT2D eigenvalue weighted by Crippen LogP contribution is -2.11. The number of benzene rings is 2. The predicted octanol–water partition coefficient (Wildman–Crippen LogP) is 4.43. The van der Waals surface area contributed by atoms with Gasteiger partial charge in [-0.25, -0.2) is 4.79 Å². The van der Waals surface area contributed by atoms with Gasteiger partial charge in [-0.05, 0) is 49.2 Å².